The molecule has 0 aliphatic carbocycles. The van der Waals surface area contributed by atoms with E-state index in [0.717, 1.165) is 6.42 Å². The molecule has 0 rings (SSSR count). The van der Waals surface area contributed by atoms with Gasteiger partial charge in [0.25, 0.3) is 0 Å². The number of rotatable bonds is 5. The van der Waals surface area contributed by atoms with E-state index in [1.165, 1.54) is 18.7 Å². The van der Waals surface area contributed by atoms with Gasteiger partial charge in [-0.3, -0.25) is 0 Å². The first-order valence-electron chi connectivity index (χ1n) is 5.58. The Morgan fingerprint density at radius 1 is 1.38 bits per heavy atom. The second-order valence-corrected chi connectivity index (χ2v) is 4.37. The zero-order valence-corrected chi connectivity index (χ0v) is 10.7. The molecule has 0 radical (unpaired) electrons. The van der Waals surface area contributed by atoms with Crippen LogP contribution in [0.25, 0.3) is 0 Å². The zero-order chi connectivity index (χ0) is 12.9. The molecular formula is C11H22N2O3. The number of amides is 2. The van der Waals surface area contributed by atoms with E-state index in [1.54, 1.807) is 6.92 Å². The number of carboxylic acid groups (broad SMARTS) is 1. The standard InChI is InChI=1S/C11H22N2O3/c1-6-8(3)12-10(16)13(7-2)11(4,5)9(14)15/h8H,6-7H2,1-5H3,(H,12,16)(H,14,15). The maximum atomic E-state index is 11.8. The van der Waals surface area contributed by atoms with Crippen LogP contribution in [0.5, 0.6) is 0 Å². The number of hydrogen-bond acceptors (Lipinski definition) is 2. The van der Waals surface area contributed by atoms with Crippen molar-refractivity contribution < 1.29 is 14.7 Å². The first-order valence-corrected chi connectivity index (χ1v) is 5.58. The van der Waals surface area contributed by atoms with E-state index < -0.39 is 11.5 Å². The van der Waals surface area contributed by atoms with Gasteiger partial charge in [-0.2, -0.15) is 0 Å². The van der Waals surface area contributed by atoms with Crippen molar-refractivity contribution in [1.29, 1.82) is 0 Å². The van der Waals surface area contributed by atoms with Crippen molar-refractivity contribution in [3.8, 4) is 0 Å². The Kier molecular flexibility index (Phi) is 5.27. The van der Waals surface area contributed by atoms with Crippen LogP contribution >= 0.6 is 0 Å². The molecule has 0 fully saturated rings. The molecule has 1 unspecified atom stereocenters. The summed E-state index contributed by atoms with van der Waals surface area (Å²) in [6.45, 7) is 9.02. The average molecular weight is 230 g/mol. The van der Waals surface area contributed by atoms with Gasteiger partial charge in [-0.15, -0.1) is 0 Å². The third-order valence-electron chi connectivity index (χ3n) is 2.74. The first kappa shape index (κ1) is 14.7. The molecule has 16 heavy (non-hydrogen) atoms. The van der Waals surface area contributed by atoms with E-state index in [4.69, 9.17) is 5.11 Å². The van der Waals surface area contributed by atoms with Crippen LogP contribution in [0.1, 0.15) is 41.0 Å². The third-order valence-corrected chi connectivity index (χ3v) is 2.74. The monoisotopic (exact) mass is 230 g/mol. The summed E-state index contributed by atoms with van der Waals surface area (Å²) in [5.41, 5.74) is -1.19. The quantitative estimate of drug-likeness (QED) is 0.755. The molecule has 1 atom stereocenters. The maximum absolute atomic E-state index is 11.8. The number of carboxylic acids is 1. The highest BCUT2D eigenvalue weighted by atomic mass is 16.4. The molecule has 2 N–H and O–H groups in total. The zero-order valence-electron chi connectivity index (χ0n) is 10.7. The number of urea groups is 1. The molecule has 0 saturated carbocycles. The van der Waals surface area contributed by atoms with Gasteiger partial charge < -0.3 is 15.3 Å². The van der Waals surface area contributed by atoms with Gasteiger partial charge >= 0.3 is 12.0 Å². The highest BCUT2D eigenvalue weighted by Gasteiger charge is 2.37. The Balaban J connectivity index is 4.74. The van der Waals surface area contributed by atoms with E-state index >= 15 is 0 Å². The summed E-state index contributed by atoms with van der Waals surface area (Å²) >= 11 is 0. The minimum absolute atomic E-state index is 0.0474. The minimum atomic E-state index is -1.19. The van der Waals surface area contributed by atoms with Crippen LogP contribution in [0.15, 0.2) is 0 Å². The van der Waals surface area contributed by atoms with Gasteiger partial charge in [0.15, 0.2) is 0 Å². The summed E-state index contributed by atoms with van der Waals surface area (Å²) in [4.78, 5) is 24.2. The number of nitrogens with zero attached hydrogens (tertiary/aromatic N) is 1. The molecule has 0 aromatic carbocycles. The molecule has 0 aromatic heterocycles. The fraction of sp³-hybridized carbons (Fsp3) is 0.818. The molecule has 5 heteroatoms. The lowest BCUT2D eigenvalue weighted by atomic mass is 10.0. The number of carbonyl (C=O) groups is 2. The summed E-state index contributed by atoms with van der Waals surface area (Å²) in [6, 6.07) is -0.282. The van der Waals surface area contributed by atoms with Crippen molar-refractivity contribution in [2.45, 2.75) is 52.6 Å². The highest BCUT2D eigenvalue weighted by molar-refractivity contribution is 5.85. The molecule has 0 bridgehead atoms. The summed E-state index contributed by atoms with van der Waals surface area (Å²) in [5.74, 6) is -1.01. The molecular weight excluding hydrogens is 208 g/mol. The highest BCUT2D eigenvalue weighted by Crippen LogP contribution is 2.14. The lowest BCUT2D eigenvalue weighted by Gasteiger charge is -2.34. The molecule has 2 amide bonds. The van der Waals surface area contributed by atoms with E-state index in [0.29, 0.717) is 6.54 Å². The smallest absolute Gasteiger partial charge is 0.329 e. The van der Waals surface area contributed by atoms with Crippen LogP contribution in [0, 0.1) is 0 Å². The fourth-order valence-corrected chi connectivity index (χ4v) is 1.30. The Hall–Kier alpha value is -1.26. The van der Waals surface area contributed by atoms with E-state index in [2.05, 4.69) is 5.32 Å². The molecule has 5 nitrogen and oxygen atoms in total. The van der Waals surface area contributed by atoms with Crippen molar-refractivity contribution >= 4 is 12.0 Å². The van der Waals surface area contributed by atoms with Crippen molar-refractivity contribution in [2.75, 3.05) is 6.54 Å². The van der Waals surface area contributed by atoms with Crippen molar-refractivity contribution in [1.82, 2.24) is 10.2 Å². The van der Waals surface area contributed by atoms with Gasteiger partial charge in [0.2, 0.25) is 0 Å². The minimum Gasteiger partial charge on any atom is -0.480 e. The summed E-state index contributed by atoms with van der Waals surface area (Å²) in [5, 5.41) is 11.8. The number of carbonyl (C=O) groups excluding carboxylic acids is 1. The number of hydrogen-bond donors (Lipinski definition) is 2. The number of likely N-dealkylation sites (N-methyl/N-ethyl adjacent to an activating group) is 1. The fourth-order valence-electron chi connectivity index (χ4n) is 1.30. The molecule has 0 heterocycles. The molecule has 0 aliphatic rings. The van der Waals surface area contributed by atoms with E-state index in [1.807, 2.05) is 13.8 Å². The topological polar surface area (TPSA) is 69.6 Å². The van der Waals surface area contributed by atoms with Crippen molar-refractivity contribution in [2.24, 2.45) is 0 Å². The normalized spacial score (nSPS) is 13.1. The summed E-state index contributed by atoms with van der Waals surface area (Å²) in [7, 11) is 0. The molecule has 0 aliphatic heterocycles. The Morgan fingerprint density at radius 2 is 1.88 bits per heavy atom. The molecule has 94 valence electrons. The first-order chi connectivity index (χ1) is 7.27. The van der Waals surface area contributed by atoms with Gasteiger partial charge in [-0.1, -0.05) is 6.92 Å². The Bertz CT molecular complexity index is 264. The Labute approximate surface area is 96.8 Å². The SMILES string of the molecule is CCC(C)NC(=O)N(CC)C(C)(C)C(=O)O. The third kappa shape index (κ3) is 3.40. The predicted octanol–water partition coefficient (Wildman–Crippen LogP) is 1.68. The predicted molar refractivity (Wildman–Crippen MR) is 62.4 cm³/mol. The second-order valence-electron chi connectivity index (χ2n) is 4.37. The van der Waals surface area contributed by atoms with Crippen LogP contribution in [0.4, 0.5) is 4.79 Å². The maximum Gasteiger partial charge on any atom is 0.329 e. The van der Waals surface area contributed by atoms with E-state index in [9.17, 15) is 9.59 Å². The van der Waals surface area contributed by atoms with Gasteiger partial charge in [0.05, 0.1) is 0 Å². The lowest BCUT2D eigenvalue weighted by Crippen LogP contribution is -2.57. The molecule has 0 aromatic rings. The van der Waals surface area contributed by atoms with Crippen LogP contribution in [-0.2, 0) is 4.79 Å². The largest absolute Gasteiger partial charge is 0.480 e. The van der Waals surface area contributed by atoms with E-state index in [-0.39, 0.29) is 12.1 Å². The second kappa shape index (κ2) is 5.72. The summed E-state index contributed by atoms with van der Waals surface area (Å²) < 4.78 is 0. The number of nitrogens with one attached hydrogen (secondary N) is 1. The number of aliphatic carboxylic acids is 1. The van der Waals surface area contributed by atoms with Gasteiger partial charge in [-0.05, 0) is 34.1 Å². The molecule has 0 spiro atoms. The van der Waals surface area contributed by atoms with Crippen LogP contribution in [0.2, 0.25) is 0 Å². The van der Waals surface area contributed by atoms with Crippen molar-refractivity contribution in [3.05, 3.63) is 0 Å². The van der Waals surface area contributed by atoms with Crippen LogP contribution in [-0.4, -0.2) is 40.1 Å². The van der Waals surface area contributed by atoms with Gasteiger partial charge in [-0.25, -0.2) is 9.59 Å². The van der Waals surface area contributed by atoms with Crippen LogP contribution < -0.4 is 5.32 Å². The molecule has 0 saturated heterocycles. The van der Waals surface area contributed by atoms with Crippen molar-refractivity contribution in [3.63, 3.8) is 0 Å². The van der Waals surface area contributed by atoms with Crippen LogP contribution in [0.3, 0.4) is 0 Å². The van der Waals surface area contributed by atoms with Gasteiger partial charge in [0.1, 0.15) is 5.54 Å². The Morgan fingerprint density at radius 3 is 2.19 bits per heavy atom. The van der Waals surface area contributed by atoms with Gasteiger partial charge in [0, 0.05) is 12.6 Å². The summed E-state index contributed by atoms with van der Waals surface area (Å²) in [6.07, 6.45) is 0.816. The average Bonchev–Trinajstić information content (AvgIpc) is 2.17. The lowest BCUT2D eigenvalue weighted by molar-refractivity contribution is -0.147.